The molecular weight excluding hydrogens is 692 g/mol. The second kappa shape index (κ2) is 12.6. The zero-order valence-corrected chi connectivity index (χ0v) is 29.9. The lowest BCUT2D eigenvalue weighted by molar-refractivity contribution is -0.0453. The van der Waals surface area contributed by atoms with Crippen molar-refractivity contribution in [3.63, 3.8) is 0 Å². The fraction of sp³-hybridized carbons (Fsp3) is 0.452. The van der Waals surface area contributed by atoms with Crippen LogP contribution in [-0.4, -0.2) is 67.9 Å². The van der Waals surface area contributed by atoms with Crippen LogP contribution in [0.2, 0.25) is 10.0 Å². The molecule has 2 saturated heterocycles. The van der Waals surface area contributed by atoms with E-state index in [0.717, 1.165) is 34.7 Å². The standard InChI is InChI=1S/C31H36Cl2FN5O6S2/c1-29(2,3)44-27(40)38-16-31(17-38)14-37(15-31)24-9-7-8-20(32)19(24)12-35-23-11-22(34)25(10-21(23)33)47(42,43)39(26-13-46-18-36-26)28(41)45-30(4,5)6/h7-11,13,18,35H,12,14-17H2,1-6H3. The number of halogens is 3. The fourth-order valence-corrected chi connectivity index (χ4v) is 7.90. The first kappa shape index (κ1) is 35.0. The maximum absolute atomic E-state index is 15.6. The summed E-state index contributed by atoms with van der Waals surface area (Å²) < 4.78 is 53.9. The Balaban J connectivity index is 1.31. The quantitative estimate of drug-likeness (QED) is 0.266. The highest BCUT2D eigenvalue weighted by Gasteiger charge is 2.54. The zero-order chi connectivity index (χ0) is 34.5. The lowest BCUT2D eigenvalue weighted by Gasteiger charge is -2.60. The molecule has 2 aromatic carbocycles. The van der Waals surface area contributed by atoms with Crippen molar-refractivity contribution >= 4 is 73.9 Å². The molecule has 0 atom stereocenters. The Labute approximate surface area is 287 Å². The van der Waals surface area contributed by atoms with E-state index in [2.05, 4.69) is 15.2 Å². The molecule has 2 fully saturated rings. The van der Waals surface area contributed by atoms with Crippen molar-refractivity contribution in [2.75, 3.05) is 40.7 Å². The van der Waals surface area contributed by atoms with Crippen LogP contribution in [0.5, 0.6) is 0 Å². The van der Waals surface area contributed by atoms with Gasteiger partial charge in [-0.25, -0.2) is 27.4 Å². The zero-order valence-electron chi connectivity index (χ0n) is 26.8. The van der Waals surface area contributed by atoms with Gasteiger partial charge in [0.15, 0.2) is 5.82 Å². The largest absolute Gasteiger partial charge is 0.444 e. The number of nitrogens with zero attached hydrogens (tertiary/aromatic N) is 4. The van der Waals surface area contributed by atoms with Gasteiger partial charge in [-0.05, 0) is 65.8 Å². The van der Waals surface area contributed by atoms with E-state index >= 15 is 4.39 Å². The van der Waals surface area contributed by atoms with Gasteiger partial charge in [-0.2, -0.15) is 0 Å². The normalized spacial score (nSPS) is 15.9. The van der Waals surface area contributed by atoms with E-state index in [1.165, 1.54) is 10.9 Å². The molecule has 1 aromatic heterocycles. The van der Waals surface area contributed by atoms with Gasteiger partial charge in [0.05, 0.1) is 16.2 Å². The van der Waals surface area contributed by atoms with Crippen molar-refractivity contribution in [3.8, 4) is 0 Å². The van der Waals surface area contributed by atoms with Crippen molar-refractivity contribution in [1.29, 1.82) is 0 Å². The Bertz CT molecular complexity index is 1780. The van der Waals surface area contributed by atoms with E-state index in [1.807, 2.05) is 32.9 Å². The molecule has 0 bridgehead atoms. The lowest BCUT2D eigenvalue weighted by atomic mass is 9.72. The number of aromatic nitrogens is 1. The fourth-order valence-electron chi connectivity index (χ4n) is 5.44. The summed E-state index contributed by atoms with van der Waals surface area (Å²) >= 11 is 14.1. The van der Waals surface area contributed by atoms with Crippen LogP contribution in [0.1, 0.15) is 47.1 Å². The second-order valence-corrected chi connectivity index (χ2v) is 16.9. The Kier molecular flexibility index (Phi) is 9.38. The monoisotopic (exact) mass is 727 g/mol. The molecule has 1 spiro atoms. The Hall–Kier alpha value is -3.33. The average Bonchev–Trinajstić information content (AvgIpc) is 3.40. The van der Waals surface area contributed by atoms with Gasteiger partial charge in [-0.1, -0.05) is 29.3 Å². The smallest absolute Gasteiger partial charge is 0.430 e. The van der Waals surface area contributed by atoms with E-state index in [1.54, 1.807) is 31.7 Å². The molecule has 2 aliphatic rings. The van der Waals surface area contributed by atoms with Crippen LogP contribution in [0.4, 0.5) is 31.2 Å². The van der Waals surface area contributed by atoms with Crippen molar-refractivity contribution in [2.24, 2.45) is 5.41 Å². The molecule has 1 N–H and O–H groups in total. The second-order valence-electron chi connectivity index (χ2n) is 13.6. The summed E-state index contributed by atoms with van der Waals surface area (Å²) in [6.07, 6.45) is -1.56. The maximum atomic E-state index is 15.6. The summed E-state index contributed by atoms with van der Waals surface area (Å²) in [5, 5.41) is 4.79. The number of carbonyl (C=O) groups is 2. The molecular formula is C31H36Cl2FN5O6S2. The number of hydrogen-bond donors (Lipinski definition) is 1. The van der Waals surface area contributed by atoms with E-state index in [9.17, 15) is 18.0 Å². The van der Waals surface area contributed by atoms with Gasteiger partial charge < -0.3 is 24.6 Å². The number of sulfonamides is 1. The van der Waals surface area contributed by atoms with Crippen LogP contribution in [-0.2, 0) is 26.0 Å². The first-order valence-corrected chi connectivity index (χ1v) is 17.8. The minimum absolute atomic E-state index is 0.0244. The van der Waals surface area contributed by atoms with Crippen LogP contribution in [0.25, 0.3) is 0 Å². The van der Waals surface area contributed by atoms with Crippen molar-refractivity contribution in [1.82, 2.24) is 9.88 Å². The van der Waals surface area contributed by atoms with Gasteiger partial charge in [0.2, 0.25) is 0 Å². The summed E-state index contributed by atoms with van der Waals surface area (Å²) in [7, 11) is -4.82. The molecule has 2 amide bonds. The van der Waals surface area contributed by atoms with E-state index in [4.69, 9.17) is 32.7 Å². The molecule has 3 heterocycles. The molecule has 5 rings (SSSR count). The van der Waals surface area contributed by atoms with Crippen LogP contribution < -0.4 is 14.5 Å². The number of amides is 2. The highest BCUT2D eigenvalue weighted by Crippen LogP contribution is 2.44. The third-order valence-corrected chi connectivity index (χ3v) is 10.3. The van der Waals surface area contributed by atoms with Crippen LogP contribution >= 0.6 is 34.5 Å². The van der Waals surface area contributed by atoms with Gasteiger partial charge in [0.25, 0.3) is 10.0 Å². The number of nitrogens with one attached hydrogen (secondary N) is 1. The van der Waals surface area contributed by atoms with Gasteiger partial charge in [0.1, 0.15) is 21.9 Å². The van der Waals surface area contributed by atoms with E-state index < -0.39 is 38.0 Å². The molecule has 0 aliphatic carbocycles. The van der Waals surface area contributed by atoms with Gasteiger partial charge in [-0.3, -0.25) is 0 Å². The van der Waals surface area contributed by atoms with Crippen LogP contribution in [0.15, 0.2) is 46.1 Å². The number of thiazole rings is 1. The summed E-state index contributed by atoms with van der Waals surface area (Å²) in [5.41, 5.74) is 1.46. The van der Waals surface area contributed by atoms with Gasteiger partial charge in [0, 0.05) is 59.8 Å². The molecule has 47 heavy (non-hydrogen) atoms. The number of rotatable bonds is 7. The van der Waals surface area contributed by atoms with Gasteiger partial charge in [-0.15, -0.1) is 15.6 Å². The molecule has 254 valence electrons. The predicted octanol–water partition coefficient (Wildman–Crippen LogP) is 7.39. The number of carbonyl (C=O) groups excluding carboxylic acids is 2. The topological polar surface area (TPSA) is 121 Å². The van der Waals surface area contributed by atoms with Crippen molar-refractivity contribution in [3.05, 3.63) is 62.6 Å². The molecule has 3 aromatic rings. The first-order valence-electron chi connectivity index (χ1n) is 14.7. The Morgan fingerprint density at radius 1 is 1.04 bits per heavy atom. The number of hydrogen-bond acceptors (Lipinski definition) is 10. The molecule has 16 heteroatoms. The van der Waals surface area contributed by atoms with Crippen molar-refractivity contribution < 1.29 is 31.9 Å². The summed E-state index contributed by atoms with van der Waals surface area (Å²) in [5.74, 6) is -1.37. The van der Waals surface area contributed by atoms with E-state index in [0.29, 0.717) is 35.5 Å². The number of likely N-dealkylation sites (tertiary alicyclic amines) is 1. The molecule has 0 saturated carbocycles. The van der Waals surface area contributed by atoms with Crippen LogP contribution in [0.3, 0.4) is 0 Å². The minimum Gasteiger partial charge on any atom is -0.444 e. The Morgan fingerprint density at radius 3 is 2.30 bits per heavy atom. The molecule has 2 aliphatic heterocycles. The first-order chi connectivity index (χ1) is 21.8. The predicted molar refractivity (Wildman–Crippen MR) is 181 cm³/mol. The average molecular weight is 729 g/mol. The summed E-state index contributed by atoms with van der Waals surface area (Å²) in [4.78, 5) is 32.4. The maximum Gasteiger partial charge on any atom is 0.430 e. The highest BCUT2D eigenvalue weighted by atomic mass is 35.5. The molecule has 11 nitrogen and oxygen atoms in total. The highest BCUT2D eigenvalue weighted by molar-refractivity contribution is 7.93. The lowest BCUT2D eigenvalue weighted by Crippen LogP contribution is -2.73. The SMILES string of the molecule is CC(C)(C)OC(=O)N1CC2(C1)CN(c1cccc(Cl)c1CNc1cc(F)c(S(=O)(=O)N(C(=O)OC(C)(C)C)c3cscn3)cc1Cl)C2. The number of benzene rings is 2. The summed E-state index contributed by atoms with van der Waals surface area (Å²) in [6, 6.07) is 7.41. The third kappa shape index (κ3) is 7.55. The number of anilines is 3. The number of ether oxygens (including phenoxy) is 2. The van der Waals surface area contributed by atoms with Gasteiger partial charge >= 0.3 is 12.2 Å². The Morgan fingerprint density at radius 2 is 1.70 bits per heavy atom. The van der Waals surface area contributed by atoms with E-state index in [-0.39, 0.29) is 34.6 Å². The summed E-state index contributed by atoms with van der Waals surface area (Å²) in [6.45, 7) is 13.0. The van der Waals surface area contributed by atoms with Crippen LogP contribution in [0, 0.1) is 11.2 Å². The van der Waals surface area contributed by atoms with Crippen molar-refractivity contribution in [2.45, 2.75) is 64.2 Å². The third-order valence-electron chi connectivity index (χ3n) is 7.37. The molecule has 0 radical (unpaired) electrons. The minimum atomic E-state index is -4.82. The molecule has 0 unspecified atom stereocenters.